The highest BCUT2D eigenvalue weighted by Gasteiger charge is 2.25. The van der Waals surface area contributed by atoms with Gasteiger partial charge in [0.1, 0.15) is 5.69 Å². The Kier molecular flexibility index (Phi) is 5.77. The summed E-state index contributed by atoms with van der Waals surface area (Å²) in [6.45, 7) is 2.51. The molecule has 2 atom stereocenters. The van der Waals surface area contributed by atoms with E-state index in [0.29, 0.717) is 18.2 Å². The van der Waals surface area contributed by atoms with E-state index in [9.17, 15) is 4.79 Å². The maximum absolute atomic E-state index is 12.3. The van der Waals surface area contributed by atoms with Crippen LogP contribution in [0.25, 0.3) is 0 Å². The molecule has 0 bridgehead atoms. The topological polar surface area (TPSA) is 68.0 Å². The van der Waals surface area contributed by atoms with Gasteiger partial charge in [0.25, 0.3) is 5.91 Å². The van der Waals surface area contributed by atoms with E-state index in [1.807, 2.05) is 6.07 Å². The number of aromatic nitrogens is 1. The summed E-state index contributed by atoms with van der Waals surface area (Å²) in [6.07, 6.45) is 7.49. The molecule has 2 rings (SSSR count). The van der Waals surface area contributed by atoms with E-state index in [0.717, 1.165) is 18.4 Å². The van der Waals surface area contributed by atoms with Gasteiger partial charge in [-0.25, -0.2) is 4.98 Å². The lowest BCUT2D eigenvalue weighted by atomic mass is 9.83. The standard InChI is InChI=1S/C17H23N3O/c1-2-14-7-3-4-8-15(14)20-17(21)16-10-9-13(12-19-16)6-5-11-18/h9-10,12,14-15H,2-4,7-8,11,18H2,1H3,(H,20,21). The molecule has 0 aromatic carbocycles. The molecular formula is C17H23N3O. The maximum atomic E-state index is 12.3. The van der Waals surface area contributed by atoms with Crippen molar-refractivity contribution in [1.29, 1.82) is 0 Å². The maximum Gasteiger partial charge on any atom is 0.270 e. The van der Waals surface area contributed by atoms with Crippen LogP contribution in [-0.4, -0.2) is 23.5 Å². The molecule has 4 nitrogen and oxygen atoms in total. The average Bonchev–Trinajstić information content (AvgIpc) is 2.54. The Morgan fingerprint density at radius 1 is 1.43 bits per heavy atom. The first-order valence-electron chi connectivity index (χ1n) is 7.70. The number of carbonyl (C=O) groups is 1. The molecule has 112 valence electrons. The fraction of sp³-hybridized carbons (Fsp3) is 0.529. The number of nitrogens with one attached hydrogen (secondary N) is 1. The van der Waals surface area contributed by atoms with E-state index in [1.165, 1.54) is 19.3 Å². The van der Waals surface area contributed by atoms with Crippen molar-refractivity contribution in [2.75, 3.05) is 6.54 Å². The second-order valence-electron chi connectivity index (χ2n) is 5.47. The molecule has 1 aliphatic rings. The van der Waals surface area contributed by atoms with Crippen molar-refractivity contribution in [2.45, 2.75) is 45.1 Å². The summed E-state index contributed by atoms with van der Waals surface area (Å²) >= 11 is 0. The smallest absolute Gasteiger partial charge is 0.270 e. The first kappa shape index (κ1) is 15.5. The monoisotopic (exact) mass is 285 g/mol. The number of carbonyl (C=O) groups excluding carboxylic acids is 1. The van der Waals surface area contributed by atoms with Crippen LogP contribution in [0, 0.1) is 17.8 Å². The van der Waals surface area contributed by atoms with E-state index in [4.69, 9.17) is 5.73 Å². The van der Waals surface area contributed by atoms with Gasteiger partial charge in [0.05, 0.1) is 6.54 Å². The van der Waals surface area contributed by atoms with Gasteiger partial charge in [-0.15, -0.1) is 0 Å². The summed E-state index contributed by atoms with van der Waals surface area (Å²) in [5, 5.41) is 3.14. The lowest BCUT2D eigenvalue weighted by molar-refractivity contribution is 0.0899. The number of nitrogens with zero attached hydrogens (tertiary/aromatic N) is 1. The minimum absolute atomic E-state index is 0.0846. The Hall–Kier alpha value is -1.86. The van der Waals surface area contributed by atoms with Crippen molar-refractivity contribution in [3.8, 4) is 11.8 Å². The van der Waals surface area contributed by atoms with Crippen molar-refractivity contribution >= 4 is 5.91 Å². The Bertz CT molecular complexity index is 527. The molecular weight excluding hydrogens is 262 g/mol. The summed E-state index contributed by atoms with van der Waals surface area (Å²) in [7, 11) is 0. The molecule has 4 heteroatoms. The summed E-state index contributed by atoms with van der Waals surface area (Å²) in [5.74, 6) is 6.18. The van der Waals surface area contributed by atoms with Gasteiger partial charge in [0, 0.05) is 17.8 Å². The van der Waals surface area contributed by atoms with Crippen LogP contribution < -0.4 is 11.1 Å². The minimum Gasteiger partial charge on any atom is -0.348 e. The highest BCUT2D eigenvalue weighted by molar-refractivity contribution is 5.92. The minimum atomic E-state index is -0.0846. The van der Waals surface area contributed by atoms with Crippen LogP contribution in [0.3, 0.4) is 0 Å². The van der Waals surface area contributed by atoms with Crippen LogP contribution in [0.2, 0.25) is 0 Å². The van der Waals surface area contributed by atoms with Gasteiger partial charge >= 0.3 is 0 Å². The molecule has 3 N–H and O–H groups in total. The van der Waals surface area contributed by atoms with Crippen LogP contribution in [0.15, 0.2) is 18.3 Å². The van der Waals surface area contributed by atoms with Gasteiger partial charge in [0.2, 0.25) is 0 Å². The summed E-state index contributed by atoms with van der Waals surface area (Å²) in [4.78, 5) is 16.5. The normalized spacial score (nSPS) is 21.2. The van der Waals surface area contributed by atoms with Gasteiger partial charge in [-0.05, 0) is 30.9 Å². The Morgan fingerprint density at radius 3 is 2.90 bits per heavy atom. The number of amides is 1. The molecule has 2 unspecified atom stereocenters. The summed E-state index contributed by atoms with van der Waals surface area (Å²) in [5.41, 5.74) is 6.56. The highest BCUT2D eigenvalue weighted by Crippen LogP contribution is 2.26. The number of hydrogen-bond donors (Lipinski definition) is 2. The van der Waals surface area contributed by atoms with Crippen molar-refractivity contribution < 1.29 is 4.79 Å². The second-order valence-corrected chi connectivity index (χ2v) is 5.47. The third-order valence-electron chi connectivity index (χ3n) is 4.08. The lowest BCUT2D eigenvalue weighted by Crippen LogP contribution is -2.42. The number of rotatable bonds is 3. The second kappa shape index (κ2) is 7.80. The third-order valence-corrected chi connectivity index (χ3v) is 4.08. The molecule has 1 heterocycles. The van der Waals surface area contributed by atoms with E-state index in [2.05, 4.69) is 29.1 Å². The molecule has 1 aromatic rings. The number of pyridine rings is 1. The van der Waals surface area contributed by atoms with Crippen molar-refractivity contribution in [3.05, 3.63) is 29.6 Å². The third kappa shape index (κ3) is 4.30. The van der Waals surface area contributed by atoms with Crippen LogP contribution in [0.5, 0.6) is 0 Å². The van der Waals surface area contributed by atoms with Crippen molar-refractivity contribution in [1.82, 2.24) is 10.3 Å². The summed E-state index contributed by atoms with van der Waals surface area (Å²) in [6, 6.07) is 3.82. The highest BCUT2D eigenvalue weighted by atomic mass is 16.1. The Morgan fingerprint density at radius 2 is 2.24 bits per heavy atom. The van der Waals surface area contributed by atoms with Crippen LogP contribution >= 0.6 is 0 Å². The predicted octanol–water partition coefficient (Wildman–Crippen LogP) is 2.09. The molecule has 21 heavy (non-hydrogen) atoms. The fourth-order valence-corrected chi connectivity index (χ4v) is 2.88. The Balaban J connectivity index is 1.99. The van der Waals surface area contributed by atoms with Crippen LogP contribution in [0.4, 0.5) is 0 Å². The van der Waals surface area contributed by atoms with Gasteiger partial charge in [-0.1, -0.05) is 38.0 Å². The van der Waals surface area contributed by atoms with E-state index in [1.54, 1.807) is 12.3 Å². The Labute approximate surface area is 126 Å². The molecule has 1 aromatic heterocycles. The van der Waals surface area contributed by atoms with Crippen molar-refractivity contribution in [3.63, 3.8) is 0 Å². The van der Waals surface area contributed by atoms with Crippen LogP contribution in [0.1, 0.15) is 55.1 Å². The zero-order chi connectivity index (χ0) is 15.1. The summed E-state index contributed by atoms with van der Waals surface area (Å²) < 4.78 is 0. The zero-order valence-electron chi connectivity index (χ0n) is 12.6. The SMILES string of the molecule is CCC1CCCCC1NC(=O)c1ccc(C#CCN)cn1. The molecule has 0 spiro atoms. The predicted molar refractivity (Wildman–Crippen MR) is 83.7 cm³/mol. The average molecular weight is 285 g/mol. The molecule has 1 aliphatic carbocycles. The fourth-order valence-electron chi connectivity index (χ4n) is 2.88. The molecule has 1 amide bonds. The van der Waals surface area contributed by atoms with Gasteiger partial charge < -0.3 is 11.1 Å². The first-order valence-corrected chi connectivity index (χ1v) is 7.70. The molecule has 0 radical (unpaired) electrons. The van der Waals surface area contributed by atoms with E-state index < -0.39 is 0 Å². The van der Waals surface area contributed by atoms with E-state index >= 15 is 0 Å². The van der Waals surface area contributed by atoms with E-state index in [-0.39, 0.29) is 11.9 Å². The van der Waals surface area contributed by atoms with Gasteiger partial charge in [-0.3, -0.25) is 4.79 Å². The van der Waals surface area contributed by atoms with Crippen LogP contribution in [-0.2, 0) is 0 Å². The zero-order valence-corrected chi connectivity index (χ0v) is 12.6. The largest absolute Gasteiger partial charge is 0.348 e. The lowest BCUT2D eigenvalue weighted by Gasteiger charge is -2.31. The van der Waals surface area contributed by atoms with Gasteiger partial charge in [0.15, 0.2) is 0 Å². The molecule has 0 aliphatic heterocycles. The van der Waals surface area contributed by atoms with Crippen molar-refractivity contribution in [2.24, 2.45) is 11.7 Å². The quantitative estimate of drug-likeness (QED) is 0.836. The first-order chi connectivity index (χ1) is 10.2. The molecule has 1 fully saturated rings. The number of nitrogens with two attached hydrogens (primary N) is 1. The molecule has 0 saturated heterocycles. The number of hydrogen-bond acceptors (Lipinski definition) is 3. The molecule has 1 saturated carbocycles. The van der Waals surface area contributed by atoms with Gasteiger partial charge in [-0.2, -0.15) is 0 Å².